The Morgan fingerprint density at radius 2 is 1.75 bits per heavy atom. The van der Waals surface area contributed by atoms with Crippen molar-refractivity contribution in [2.75, 3.05) is 0 Å². The van der Waals surface area contributed by atoms with Gasteiger partial charge in [-0.2, -0.15) is 0 Å². The van der Waals surface area contributed by atoms with Gasteiger partial charge >= 0.3 is 0 Å². The average molecular weight is 352 g/mol. The van der Waals surface area contributed by atoms with Gasteiger partial charge in [0.15, 0.2) is 0 Å². The molecule has 0 heterocycles. The molecule has 1 fully saturated rings. The monoisotopic (exact) mass is 350 g/mol. The third-order valence-electron chi connectivity index (χ3n) is 4.03. The zero-order chi connectivity index (χ0) is 14.1. The molecule has 0 spiro atoms. The highest BCUT2D eigenvalue weighted by Crippen LogP contribution is 2.37. The normalized spacial score (nSPS) is 16.8. The summed E-state index contributed by atoms with van der Waals surface area (Å²) in [5.74, 6) is 0.724. The summed E-state index contributed by atoms with van der Waals surface area (Å²) in [6, 6.07) is 13.8. The Hall–Kier alpha value is -0.830. The molecule has 0 aromatic heterocycles. The fourth-order valence-electron chi connectivity index (χ4n) is 2.62. The molecule has 3 heteroatoms. The Morgan fingerprint density at radius 1 is 1.05 bits per heavy atom. The van der Waals surface area contributed by atoms with Gasteiger partial charge in [0.1, 0.15) is 6.10 Å². The summed E-state index contributed by atoms with van der Waals surface area (Å²) in [4.78, 5) is 0. The van der Waals surface area contributed by atoms with Crippen molar-refractivity contribution in [3.63, 3.8) is 0 Å². The number of halogens is 2. The van der Waals surface area contributed by atoms with Crippen molar-refractivity contribution < 1.29 is 5.11 Å². The number of rotatable bonds is 3. The van der Waals surface area contributed by atoms with E-state index in [1.165, 1.54) is 24.8 Å². The average Bonchev–Trinajstić information content (AvgIpc) is 2.35. The fraction of sp³-hybridized carbons (Fsp3) is 0.294. The highest BCUT2D eigenvalue weighted by Gasteiger charge is 2.19. The second-order valence-corrected chi connectivity index (χ2v) is 6.75. The molecule has 1 N–H and O–H groups in total. The van der Waals surface area contributed by atoms with Crippen LogP contribution in [0.5, 0.6) is 0 Å². The number of hydrogen-bond acceptors (Lipinski definition) is 1. The third-order valence-corrected chi connectivity index (χ3v) is 4.71. The largest absolute Gasteiger partial charge is 0.384 e. The Labute approximate surface area is 132 Å². The van der Waals surface area contributed by atoms with E-state index in [0.29, 0.717) is 5.02 Å². The first-order valence-electron chi connectivity index (χ1n) is 6.87. The van der Waals surface area contributed by atoms with Crippen LogP contribution in [0.25, 0.3) is 0 Å². The van der Waals surface area contributed by atoms with Crippen LogP contribution in [0, 0.1) is 0 Å². The van der Waals surface area contributed by atoms with Crippen LogP contribution < -0.4 is 0 Å². The third kappa shape index (κ3) is 2.93. The minimum Gasteiger partial charge on any atom is -0.384 e. The first-order chi connectivity index (χ1) is 9.63. The van der Waals surface area contributed by atoms with Crippen molar-refractivity contribution in [3.8, 4) is 0 Å². The van der Waals surface area contributed by atoms with Crippen LogP contribution in [0.3, 0.4) is 0 Å². The molecule has 3 rings (SSSR count). The van der Waals surface area contributed by atoms with Gasteiger partial charge in [-0.3, -0.25) is 0 Å². The van der Waals surface area contributed by atoms with Gasteiger partial charge in [0.05, 0.1) is 0 Å². The van der Waals surface area contributed by atoms with Crippen LogP contribution in [-0.4, -0.2) is 5.11 Å². The topological polar surface area (TPSA) is 20.2 Å². The second kappa shape index (κ2) is 5.88. The molecule has 1 atom stereocenters. The van der Waals surface area contributed by atoms with Gasteiger partial charge in [-0.25, -0.2) is 0 Å². The zero-order valence-corrected chi connectivity index (χ0v) is 13.4. The smallest absolute Gasteiger partial charge is 0.104 e. The quantitative estimate of drug-likeness (QED) is 0.779. The molecule has 0 bridgehead atoms. The van der Waals surface area contributed by atoms with E-state index in [9.17, 15) is 5.11 Å². The molecule has 1 unspecified atom stereocenters. The molecule has 2 aromatic rings. The number of benzene rings is 2. The van der Waals surface area contributed by atoms with Gasteiger partial charge in [-0.1, -0.05) is 58.2 Å². The number of aliphatic hydroxyl groups is 1. The van der Waals surface area contributed by atoms with Crippen LogP contribution in [0.15, 0.2) is 46.9 Å². The number of hydrogen-bond donors (Lipinski definition) is 1. The van der Waals surface area contributed by atoms with E-state index < -0.39 is 6.10 Å². The van der Waals surface area contributed by atoms with E-state index in [1.807, 2.05) is 24.3 Å². The van der Waals surface area contributed by atoms with E-state index in [0.717, 1.165) is 21.5 Å². The lowest BCUT2D eigenvalue weighted by atomic mass is 9.80. The minimum atomic E-state index is -0.638. The summed E-state index contributed by atoms with van der Waals surface area (Å²) in [7, 11) is 0. The lowest BCUT2D eigenvalue weighted by molar-refractivity contribution is 0.220. The van der Waals surface area contributed by atoms with Crippen molar-refractivity contribution in [1.82, 2.24) is 0 Å². The van der Waals surface area contributed by atoms with Crippen molar-refractivity contribution >= 4 is 27.5 Å². The maximum Gasteiger partial charge on any atom is 0.104 e. The van der Waals surface area contributed by atoms with E-state index in [1.54, 1.807) is 6.07 Å². The summed E-state index contributed by atoms with van der Waals surface area (Å²) in [5, 5.41) is 11.1. The molecule has 2 aromatic carbocycles. The fourth-order valence-corrected chi connectivity index (χ4v) is 3.50. The maximum atomic E-state index is 10.5. The molecule has 0 aliphatic heterocycles. The zero-order valence-electron chi connectivity index (χ0n) is 11.0. The molecule has 1 saturated carbocycles. The molecule has 104 valence electrons. The van der Waals surface area contributed by atoms with Crippen LogP contribution in [-0.2, 0) is 0 Å². The Morgan fingerprint density at radius 3 is 2.30 bits per heavy atom. The van der Waals surface area contributed by atoms with Gasteiger partial charge in [-0.15, -0.1) is 0 Å². The predicted molar refractivity (Wildman–Crippen MR) is 86.2 cm³/mol. The lowest BCUT2D eigenvalue weighted by Gasteiger charge is -2.26. The Balaban J connectivity index is 1.83. The molecule has 0 amide bonds. The maximum absolute atomic E-state index is 10.5. The second-order valence-electron chi connectivity index (χ2n) is 5.40. The van der Waals surface area contributed by atoms with Crippen molar-refractivity contribution in [2.24, 2.45) is 0 Å². The minimum absolute atomic E-state index is 0.625. The molecule has 0 saturated heterocycles. The van der Waals surface area contributed by atoms with E-state index in [4.69, 9.17) is 11.6 Å². The van der Waals surface area contributed by atoms with Gasteiger partial charge in [0, 0.05) is 9.50 Å². The standard InChI is InChI=1S/C17H16BrClO/c18-15-8-14(9-16(19)10-15)17(20)13-6-4-12(5-7-13)11-2-1-3-11/h4-11,17,20H,1-3H2. The first-order valence-corrected chi connectivity index (χ1v) is 8.04. The van der Waals surface area contributed by atoms with E-state index in [2.05, 4.69) is 28.1 Å². The van der Waals surface area contributed by atoms with Gasteiger partial charge in [0.25, 0.3) is 0 Å². The number of aliphatic hydroxyl groups excluding tert-OH is 1. The van der Waals surface area contributed by atoms with E-state index >= 15 is 0 Å². The molecule has 1 aliphatic rings. The predicted octanol–water partition coefficient (Wildman–Crippen LogP) is 5.45. The Bertz CT molecular complexity index is 585. The highest BCUT2D eigenvalue weighted by molar-refractivity contribution is 9.10. The van der Waals surface area contributed by atoms with Crippen LogP contribution >= 0.6 is 27.5 Å². The molecule has 0 radical (unpaired) electrons. The van der Waals surface area contributed by atoms with Gasteiger partial charge in [-0.05, 0) is 53.6 Å². The lowest BCUT2D eigenvalue weighted by Crippen LogP contribution is -2.09. The van der Waals surface area contributed by atoms with Crippen molar-refractivity contribution in [1.29, 1.82) is 0 Å². The van der Waals surface area contributed by atoms with Crippen molar-refractivity contribution in [2.45, 2.75) is 31.3 Å². The van der Waals surface area contributed by atoms with Gasteiger partial charge < -0.3 is 5.11 Å². The summed E-state index contributed by atoms with van der Waals surface area (Å²) in [5.41, 5.74) is 3.10. The van der Waals surface area contributed by atoms with Crippen molar-refractivity contribution in [3.05, 3.63) is 68.7 Å². The molecule has 1 nitrogen and oxygen atoms in total. The molecular formula is C17H16BrClO. The first kappa shape index (κ1) is 14.1. The SMILES string of the molecule is OC(c1ccc(C2CCC2)cc1)c1cc(Cl)cc(Br)c1. The van der Waals surface area contributed by atoms with Gasteiger partial charge in [0.2, 0.25) is 0 Å². The molecule has 1 aliphatic carbocycles. The summed E-state index contributed by atoms with van der Waals surface area (Å²) < 4.78 is 0.880. The summed E-state index contributed by atoms with van der Waals surface area (Å²) in [6.45, 7) is 0. The van der Waals surface area contributed by atoms with E-state index in [-0.39, 0.29) is 0 Å². The molecular weight excluding hydrogens is 336 g/mol. The highest BCUT2D eigenvalue weighted by atomic mass is 79.9. The summed E-state index contributed by atoms with van der Waals surface area (Å²) >= 11 is 9.44. The Kier molecular flexibility index (Phi) is 4.16. The van der Waals surface area contributed by atoms with Crippen LogP contribution in [0.1, 0.15) is 48.0 Å². The molecule has 20 heavy (non-hydrogen) atoms. The summed E-state index contributed by atoms with van der Waals surface area (Å²) in [6.07, 6.45) is 3.29. The van der Waals surface area contributed by atoms with Crippen LogP contribution in [0.2, 0.25) is 5.02 Å². The van der Waals surface area contributed by atoms with Crippen LogP contribution in [0.4, 0.5) is 0 Å².